The van der Waals surface area contributed by atoms with Gasteiger partial charge in [-0.3, -0.25) is 0 Å². The van der Waals surface area contributed by atoms with E-state index < -0.39 is 0 Å². The largest absolute Gasteiger partial charge is 0.370 e. The summed E-state index contributed by atoms with van der Waals surface area (Å²) in [5, 5.41) is 10.2. The van der Waals surface area contributed by atoms with E-state index in [2.05, 4.69) is 81.3 Å². The van der Waals surface area contributed by atoms with Gasteiger partial charge in [-0.25, -0.2) is 0 Å². The van der Waals surface area contributed by atoms with Crippen LogP contribution >= 0.6 is 27.7 Å². The lowest BCUT2D eigenvalue weighted by Crippen LogP contribution is -2.38. The average Bonchev–Trinajstić information content (AvgIpc) is 2.56. The maximum Gasteiger partial charge on any atom is 0.151 e. The summed E-state index contributed by atoms with van der Waals surface area (Å²) in [7, 11) is 0. The fourth-order valence-electron chi connectivity index (χ4n) is 2.52. The highest BCUT2D eigenvalue weighted by Crippen LogP contribution is 2.27. The minimum absolute atomic E-state index is 0.0726. The number of halogens is 1. The summed E-state index contributed by atoms with van der Waals surface area (Å²) in [4.78, 5) is 2.24. The van der Waals surface area contributed by atoms with Gasteiger partial charge < -0.3 is 9.64 Å². The van der Waals surface area contributed by atoms with Crippen LogP contribution in [0.1, 0.15) is 25.5 Å². The van der Waals surface area contributed by atoms with Crippen molar-refractivity contribution in [3.8, 4) is 0 Å². The number of nitrogens with zero attached hydrogens (tertiary/aromatic N) is 3. The molecule has 6 heteroatoms. The van der Waals surface area contributed by atoms with Gasteiger partial charge in [-0.05, 0) is 29.8 Å². The van der Waals surface area contributed by atoms with Crippen LogP contribution in [0.2, 0.25) is 0 Å². The molecule has 0 N–H and O–H groups in total. The minimum atomic E-state index is 0.0726. The van der Waals surface area contributed by atoms with Gasteiger partial charge in [-0.2, -0.15) is 0 Å². The number of hydrogen-bond acceptors (Lipinski definition) is 5. The van der Waals surface area contributed by atoms with Crippen LogP contribution < -0.4 is 4.90 Å². The molecular weight excluding hydrogens is 374 g/mol. The molecule has 0 amide bonds. The van der Waals surface area contributed by atoms with Gasteiger partial charge in [0.25, 0.3) is 0 Å². The second-order valence-corrected chi connectivity index (χ2v) is 8.27. The van der Waals surface area contributed by atoms with Gasteiger partial charge in [-0.1, -0.05) is 41.9 Å². The first-order valence-electron chi connectivity index (χ1n) is 7.74. The number of anilines is 1. The lowest BCUT2D eigenvalue weighted by Gasteiger charge is -2.33. The molecule has 1 unspecified atom stereocenters. The average molecular weight is 394 g/mol. The first-order valence-corrected chi connectivity index (χ1v) is 9.41. The van der Waals surface area contributed by atoms with E-state index in [1.807, 2.05) is 0 Å². The SMILES string of the molecule is CC(C)Sc1ccc(N2CCOC(c3ccc(Br)cc3)C2)nn1. The summed E-state index contributed by atoms with van der Waals surface area (Å²) < 4.78 is 7.00. The molecule has 0 spiro atoms. The molecule has 0 bridgehead atoms. The van der Waals surface area contributed by atoms with E-state index in [4.69, 9.17) is 4.74 Å². The van der Waals surface area contributed by atoms with Crippen molar-refractivity contribution in [2.45, 2.75) is 30.2 Å². The molecule has 1 saturated heterocycles. The summed E-state index contributed by atoms with van der Waals surface area (Å²) in [6.07, 6.45) is 0.0726. The molecule has 1 fully saturated rings. The van der Waals surface area contributed by atoms with Crippen molar-refractivity contribution in [1.82, 2.24) is 10.2 Å². The van der Waals surface area contributed by atoms with Crippen LogP contribution in [0.5, 0.6) is 0 Å². The van der Waals surface area contributed by atoms with Crippen molar-refractivity contribution in [2.75, 3.05) is 24.6 Å². The second kappa shape index (κ2) is 7.64. The molecule has 1 atom stereocenters. The Kier molecular flexibility index (Phi) is 5.56. The maximum atomic E-state index is 5.92. The Morgan fingerprint density at radius 1 is 1.17 bits per heavy atom. The molecule has 1 aliphatic heterocycles. The van der Waals surface area contributed by atoms with E-state index >= 15 is 0 Å². The first-order chi connectivity index (χ1) is 11.1. The molecule has 3 rings (SSSR count). The monoisotopic (exact) mass is 393 g/mol. The molecule has 0 saturated carbocycles. The van der Waals surface area contributed by atoms with Crippen molar-refractivity contribution in [3.63, 3.8) is 0 Å². The smallest absolute Gasteiger partial charge is 0.151 e. The van der Waals surface area contributed by atoms with Gasteiger partial charge in [-0.15, -0.1) is 22.0 Å². The number of ether oxygens (including phenoxy) is 1. The van der Waals surface area contributed by atoms with Crippen molar-refractivity contribution < 1.29 is 4.74 Å². The Morgan fingerprint density at radius 3 is 2.61 bits per heavy atom. The zero-order chi connectivity index (χ0) is 16.2. The Hall–Kier alpha value is -1.11. The van der Waals surface area contributed by atoms with Crippen LogP contribution in [0.4, 0.5) is 5.82 Å². The topological polar surface area (TPSA) is 38.2 Å². The molecule has 1 aromatic heterocycles. The first kappa shape index (κ1) is 16.7. The van der Waals surface area contributed by atoms with Gasteiger partial charge >= 0.3 is 0 Å². The van der Waals surface area contributed by atoms with Crippen LogP contribution in [0.3, 0.4) is 0 Å². The maximum absolute atomic E-state index is 5.92. The number of rotatable bonds is 4. The standard InChI is InChI=1S/C17H20BrN3OS/c1-12(2)23-17-8-7-16(19-20-17)21-9-10-22-15(11-21)13-3-5-14(18)6-4-13/h3-8,12,15H,9-11H2,1-2H3. The lowest BCUT2D eigenvalue weighted by atomic mass is 10.1. The predicted molar refractivity (Wildman–Crippen MR) is 98.1 cm³/mol. The van der Waals surface area contributed by atoms with Gasteiger partial charge in [0, 0.05) is 22.8 Å². The quantitative estimate of drug-likeness (QED) is 0.723. The van der Waals surface area contributed by atoms with E-state index in [1.54, 1.807) is 11.8 Å². The van der Waals surface area contributed by atoms with E-state index in [-0.39, 0.29) is 6.10 Å². The van der Waals surface area contributed by atoms with Crippen molar-refractivity contribution in [2.24, 2.45) is 0 Å². The van der Waals surface area contributed by atoms with E-state index in [0.717, 1.165) is 28.4 Å². The van der Waals surface area contributed by atoms with Gasteiger partial charge in [0.05, 0.1) is 6.61 Å². The highest BCUT2D eigenvalue weighted by molar-refractivity contribution is 9.10. The number of morpholine rings is 1. The molecule has 1 aliphatic rings. The Bertz CT molecular complexity index is 633. The van der Waals surface area contributed by atoms with Crippen molar-refractivity contribution >= 4 is 33.5 Å². The van der Waals surface area contributed by atoms with Crippen LogP contribution in [-0.4, -0.2) is 35.1 Å². The molecule has 4 nitrogen and oxygen atoms in total. The number of thioether (sulfide) groups is 1. The van der Waals surface area contributed by atoms with Crippen LogP contribution in [0.15, 0.2) is 45.9 Å². The zero-order valence-corrected chi connectivity index (χ0v) is 15.7. The molecule has 2 heterocycles. The highest BCUT2D eigenvalue weighted by atomic mass is 79.9. The Labute approximate surface area is 149 Å². The molecule has 2 aromatic rings. The zero-order valence-electron chi connectivity index (χ0n) is 13.3. The molecule has 23 heavy (non-hydrogen) atoms. The summed E-state index contributed by atoms with van der Waals surface area (Å²) >= 11 is 5.20. The van der Waals surface area contributed by atoms with E-state index in [1.165, 1.54) is 5.56 Å². The predicted octanol–water partition coefficient (Wildman–Crippen LogP) is 4.32. The minimum Gasteiger partial charge on any atom is -0.370 e. The molecular formula is C17H20BrN3OS. The lowest BCUT2D eigenvalue weighted by molar-refractivity contribution is 0.0394. The Balaban J connectivity index is 1.69. The van der Waals surface area contributed by atoms with Gasteiger partial charge in [0.1, 0.15) is 11.1 Å². The fourth-order valence-corrected chi connectivity index (χ4v) is 3.50. The van der Waals surface area contributed by atoms with E-state index in [9.17, 15) is 0 Å². The Morgan fingerprint density at radius 2 is 1.96 bits per heavy atom. The second-order valence-electron chi connectivity index (χ2n) is 5.75. The van der Waals surface area contributed by atoms with Crippen LogP contribution in [-0.2, 0) is 4.74 Å². The molecule has 0 radical (unpaired) electrons. The molecule has 122 valence electrons. The van der Waals surface area contributed by atoms with E-state index in [0.29, 0.717) is 11.9 Å². The number of aromatic nitrogens is 2. The summed E-state index contributed by atoms with van der Waals surface area (Å²) in [5.41, 5.74) is 1.19. The van der Waals surface area contributed by atoms with Gasteiger partial charge in [0.2, 0.25) is 0 Å². The summed E-state index contributed by atoms with van der Waals surface area (Å²) in [5.74, 6) is 0.920. The summed E-state index contributed by atoms with van der Waals surface area (Å²) in [6, 6.07) is 12.4. The van der Waals surface area contributed by atoms with Crippen LogP contribution in [0, 0.1) is 0 Å². The fraction of sp³-hybridized carbons (Fsp3) is 0.412. The third kappa shape index (κ3) is 4.46. The van der Waals surface area contributed by atoms with Crippen molar-refractivity contribution in [1.29, 1.82) is 0 Å². The molecule has 0 aliphatic carbocycles. The van der Waals surface area contributed by atoms with Crippen molar-refractivity contribution in [3.05, 3.63) is 46.4 Å². The third-order valence-corrected chi connectivity index (χ3v) is 5.07. The van der Waals surface area contributed by atoms with Gasteiger partial charge in [0.15, 0.2) is 5.82 Å². The summed E-state index contributed by atoms with van der Waals surface area (Å²) in [6.45, 7) is 6.66. The number of hydrogen-bond donors (Lipinski definition) is 0. The number of benzene rings is 1. The molecule has 1 aromatic carbocycles. The normalized spacial score (nSPS) is 18.4. The van der Waals surface area contributed by atoms with Crippen LogP contribution in [0.25, 0.3) is 0 Å². The highest BCUT2D eigenvalue weighted by Gasteiger charge is 2.23. The third-order valence-electron chi connectivity index (χ3n) is 3.61.